The van der Waals surface area contributed by atoms with Gasteiger partial charge in [-0.15, -0.1) is 0 Å². The zero-order valence-corrected chi connectivity index (χ0v) is 25.7. The average molecular weight is 624 g/mol. The first-order chi connectivity index (χ1) is 20.2. The van der Waals surface area contributed by atoms with Gasteiger partial charge in [-0.05, 0) is 73.9 Å². The molecule has 14 heteroatoms. The number of nitrogens with zero attached hydrogens (tertiary/aromatic N) is 4. The molecule has 0 fully saturated rings. The van der Waals surface area contributed by atoms with Crippen LogP contribution in [-0.2, 0) is 19.7 Å². The van der Waals surface area contributed by atoms with Gasteiger partial charge in [-0.2, -0.15) is 20.2 Å². The van der Waals surface area contributed by atoms with Crippen LogP contribution in [0.25, 0.3) is 0 Å². The van der Waals surface area contributed by atoms with Crippen LogP contribution in [0.1, 0.15) is 30.5 Å². The highest BCUT2D eigenvalue weighted by molar-refractivity contribution is 7.91. The van der Waals surface area contributed by atoms with Gasteiger partial charge in [-0.3, -0.25) is 10.9 Å². The van der Waals surface area contributed by atoms with Gasteiger partial charge in [0, 0.05) is 18.6 Å². The summed E-state index contributed by atoms with van der Waals surface area (Å²) in [6, 6.07) is 18.9. The molecule has 11 nitrogen and oxygen atoms in total. The topological polar surface area (TPSA) is 155 Å². The highest BCUT2D eigenvalue weighted by atomic mass is 32.2. The van der Waals surface area contributed by atoms with Crippen LogP contribution in [0.5, 0.6) is 0 Å². The van der Waals surface area contributed by atoms with E-state index in [2.05, 4.69) is 36.3 Å². The second-order valence-corrected chi connectivity index (χ2v) is 13.8. The molecule has 0 spiro atoms. The Morgan fingerprint density at radius 2 is 1.14 bits per heavy atom. The summed E-state index contributed by atoms with van der Waals surface area (Å²) in [5, 5.41) is 11.6. The average Bonchev–Trinajstić information content (AvgIpc) is 2.95. The van der Waals surface area contributed by atoms with Gasteiger partial charge in [-0.25, -0.2) is 21.2 Å². The minimum absolute atomic E-state index is 0.0611. The van der Waals surface area contributed by atoms with Crippen LogP contribution in [0.2, 0.25) is 0 Å². The van der Waals surface area contributed by atoms with Crippen molar-refractivity contribution in [1.29, 1.82) is 0 Å². The van der Waals surface area contributed by atoms with E-state index in [0.29, 0.717) is 22.6 Å². The number of hydrogen-bond donors (Lipinski definition) is 3. The minimum atomic E-state index is -3.33. The Hall–Kier alpha value is -4.69. The van der Waals surface area contributed by atoms with Crippen molar-refractivity contribution in [2.45, 2.75) is 30.6 Å². The smallest absolute Gasteiger partial charge is 0.231 e. The van der Waals surface area contributed by atoms with Gasteiger partial charge in [0.2, 0.25) is 5.95 Å². The fourth-order valence-corrected chi connectivity index (χ4v) is 5.02. The summed E-state index contributed by atoms with van der Waals surface area (Å²) in [5.41, 5.74) is 9.13. The fraction of sp³-hybridized carbons (Fsp3) is 0.172. The number of hydrazone groups is 2. The van der Waals surface area contributed by atoms with E-state index in [1.54, 1.807) is 63.2 Å². The van der Waals surface area contributed by atoms with Crippen molar-refractivity contribution in [3.63, 3.8) is 0 Å². The van der Waals surface area contributed by atoms with Crippen molar-refractivity contribution in [3.8, 4) is 0 Å². The third-order valence-electron chi connectivity index (χ3n) is 6.17. The number of halogens is 1. The zero-order chi connectivity index (χ0) is 31.4. The maximum atomic E-state index is 14.6. The molecule has 0 radical (unpaired) electrons. The van der Waals surface area contributed by atoms with E-state index in [1.165, 1.54) is 30.3 Å². The van der Waals surface area contributed by atoms with Crippen molar-refractivity contribution < 1.29 is 21.2 Å². The van der Waals surface area contributed by atoms with Gasteiger partial charge < -0.3 is 5.32 Å². The summed E-state index contributed by atoms with van der Waals surface area (Å²) in [4.78, 5) is 9.18. The number of benzene rings is 3. The van der Waals surface area contributed by atoms with Crippen LogP contribution >= 0.6 is 0 Å². The molecular formula is C29H30FN7O4S2. The van der Waals surface area contributed by atoms with E-state index in [1.807, 2.05) is 0 Å². The monoisotopic (exact) mass is 623 g/mol. The van der Waals surface area contributed by atoms with Crippen LogP contribution in [0.4, 0.5) is 27.7 Å². The molecule has 1 heterocycles. The predicted molar refractivity (Wildman–Crippen MR) is 167 cm³/mol. The highest BCUT2D eigenvalue weighted by Crippen LogP contribution is 2.22. The van der Waals surface area contributed by atoms with Crippen molar-refractivity contribution in [2.24, 2.45) is 10.2 Å². The maximum absolute atomic E-state index is 14.6. The van der Waals surface area contributed by atoms with Crippen molar-refractivity contribution in [1.82, 2.24) is 9.97 Å². The molecule has 0 atom stereocenters. The van der Waals surface area contributed by atoms with Crippen LogP contribution < -0.4 is 16.2 Å². The molecule has 4 rings (SSSR count). The summed E-state index contributed by atoms with van der Waals surface area (Å²) < 4.78 is 61.6. The van der Waals surface area contributed by atoms with Gasteiger partial charge in [0.05, 0.1) is 26.9 Å². The molecule has 3 N–H and O–H groups in total. The van der Waals surface area contributed by atoms with E-state index in [-0.39, 0.29) is 33.1 Å². The lowest BCUT2D eigenvalue weighted by Gasteiger charge is -2.11. The maximum Gasteiger partial charge on any atom is 0.231 e. The van der Waals surface area contributed by atoms with Crippen molar-refractivity contribution in [2.75, 3.05) is 28.7 Å². The summed E-state index contributed by atoms with van der Waals surface area (Å²) in [6.45, 7) is 5.26. The Balaban J connectivity index is 1.61. The lowest BCUT2D eigenvalue weighted by molar-refractivity contribution is 0.600. The third kappa shape index (κ3) is 8.42. The molecule has 0 aliphatic rings. The second kappa shape index (κ2) is 12.7. The molecule has 0 bridgehead atoms. The Kier molecular flexibility index (Phi) is 9.21. The normalized spacial score (nSPS) is 12.6. The van der Waals surface area contributed by atoms with Gasteiger partial charge in [-0.1, -0.05) is 30.3 Å². The number of rotatable bonds is 10. The molecule has 0 aliphatic carbocycles. The van der Waals surface area contributed by atoms with Crippen molar-refractivity contribution >= 4 is 54.4 Å². The number of nitrogens with one attached hydrogen (secondary N) is 3. The molecule has 0 saturated heterocycles. The molecule has 0 saturated carbocycles. The largest absolute Gasteiger partial charge is 0.322 e. The first-order valence-corrected chi connectivity index (χ1v) is 16.6. The predicted octanol–water partition coefficient (Wildman–Crippen LogP) is 5.15. The van der Waals surface area contributed by atoms with E-state index >= 15 is 0 Å². The summed E-state index contributed by atoms with van der Waals surface area (Å²) in [5.74, 6) is 0.0928. The fourth-order valence-electron chi connectivity index (χ4n) is 3.76. The lowest BCUT2D eigenvalue weighted by Crippen LogP contribution is -2.07. The molecule has 4 aromatic rings. The Morgan fingerprint density at radius 1 is 0.698 bits per heavy atom. The van der Waals surface area contributed by atoms with Crippen LogP contribution in [0.3, 0.4) is 0 Å². The molecular weight excluding hydrogens is 593 g/mol. The summed E-state index contributed by atoms with van der Waals surface area (Å²) in [6.07, 6.45) is 2.28. The number of aromatic nitrogens is 2. The van der Waals surface area contributed by atoms with E-state index in [4.69, 9.17) is 0 Å². The molecule has 43 heavy (non-hydrogen) atoms. The second-order valence-electron chi connectivity index (χ2n) is 9.78. The zero-order valence-electron chi connectivity index (χ0n) is 24.0. The van der Waals surface area contributed by atoms with E-state index < -0.39 is 25.5 Å². The first-order valence-electron chi connectivity index (χ1n) is 12.8. The molecule has 0 unspecified atom stereocenters. The third-order valence-corrected chi connectivity index (χ3v) is 8.43. The highest BCUT2D eigenvalue weighted by Gasteiger charge is 2.11. The van der Waals surface area contributed by atoms with Gasteiger partial charge in [0.25, 0.3) is 0 Å². The molecule has 224 valence electrons. The Morgan fingerprint density at radius 3 is 1.53 bits per heavy atom. The summed E-state index contributed by atoms with van der Waals surface area (Å²) in [7, 11) is -6.65. The number of anilines is 4. The van der Waals surface area contributed by atoms with E-state index in [0.717, 1.165) is 18.1 Å². The standard InChI is InChI=1S/C29H30FN7O4S2/c1-18-6-15-26(25(30)16-18)31-29-32-27(36-34-19(2)21-7-11-23(12-8-21)42(4,38)39)17-28(33-29)37-35-20(3)22-9-13-24(14-10-22)43(5,40)41/h6-17H,1-5H3,(H3,31,32,33,36,37). The lowest BCUT2D eigenvalue weighted by atomic mass is 10.1. The molecule has 3 aromatic carbocycles. The van der Waals surface area contributed by atoms with Crippen LogP contribution in [0.15, 0.2) is 92.8 Å². The van der Waals surface area contributed by atoms with Gasteiger partial charge in [0.15, 0.2) is 31.3 Å². The minimum Gasteiger partial charge on any atom is -0.322 e. The molecule has 0 aliphatic heterocycles. The molecule has 0 amide bonds. The molecule has 1 aromatic heterocycles. The van der Waals surface area contributed by atoms with Crippen LogP contribution in [0, 0.1) is 12.7 Å². The first kappa shape index (κ1) is 31.3. The summed E-state index contributed by atoms with van der Waals surface area (Å²) >= 11 is 0. The number of aryl methyl sites for hydroxylation is 1. The Labute approximate surface area is 249 Å². The van der Waals surface area contributed by atoms with E-state index in [9.17, 15) is 21.2 Å². The SMILES string of the molecule is CC(=NNc1cc(NN=C(C)c2ccc(S(C)(=O)=O)cc2)nc(Nc2ccc(C)cc2F)n1)c1ccc(S(C)(=O)=O)cc1. The number of sulfone groups is 2. The van der Waals surface area contributed by atoms with Gasteiger partial charge in [0.1, 0.15) is 5.82 Å². The quantitative estimate of drug-likeness (QED) is 0.161. The van der Waals surface area contributed by atoms with Crippen molar-refractivity contribution in [3.05, 3.63) is 95.3 Å². The van der Waals surface area contributed by atoms with Crippen LogP contribution in [-0.4, -0.2) is 50.7 Å². The van der Waals surface area contributed by atoms with Gasteiger partial charge >= 0.3 is 0 Å². The Bertz CT molecular complexity index is 1820. The number of hydrogen-bond acceptors (Lipinski definition) is 11.